The van der Waals surface area contributed by atoms with Crippen LogP contribution in [0.2, 0.25) is 0 Å². The summed E-state index contributed by atoms with van der Waals surface area (Å²) in [5.41, 5.74) is 8.20. The van der Waals surface area contributed by atoms with E-state index in [4.69, 9.17) is 0 Å². The van der Waals surface area contributed by atoms with Gasteiger partial charge >= 0.3 is 0 Å². The van der Waals surface area contributed by atoms with Crippen molar-refractivity contribution in [1.29, 1.82) is 0 Å². The van der Waals surface area contributed by atoms with Gasteiger partial charge in [0, 0.05) is 3.58 Å². The molecule has 0 radical (unpaired) electrons. The smallest absolute Gasteiger partial charge is 0.0212 e. The van der Waals surface area contributed by atoms with Crippen LogP contribution in [0.1, 0.15) is 34.2 Å². The maximum absolute atomic E-state index is 2.49. The van der Waals surface area contributed by atoms with Crippen LogP contribution in [-0.2, 0) is 6.42 Å². The SMILES string of the molecule is I/C1=C\c2ccccc2/C=C/c2cccc3c2C1=CCC3. The molecule has 0 atom stereocenters. The molecule has 0 amide bonds. The van der Waals surface area contributed by atoms with Crippen LogP contribution < -0.4 is 0 Å². The van der Waals surface area contributed by atoms with E-state index in [1.165, 1.54) is 37.0 Å². The molecule has 0 saturated carbocycles. The van der Waals surface area contributed by atoms with E-state index in [0.29, 0.717) is 0 Å². The van der Waals surface area contributed by atoms with Gasteiger partial charge in [-0.15, -0.1) is 0 Å². The number of fused-ring (bicyclic) bond motifs is 1. The largest absolute Gasteiger partial charge is 0.0752 e. The summed E-state index contributed by atoms with van der Waals surface area (Å²) in [5, 5.41) is 0. The van der Waals surface area contributed by atoms with Crippen LogP contribution in [0.4, 0.5) is 0 Å². The van der Waals surface area contributed by atoms with Gasteiger partial charge in [0.1, 0.15) is 0 Å². The molecule has 2 aliphatic rings. The summed E-state index contributed by atoms with van der Waals surface area (Å²) in [7, 11) is 0. The van der Waals surface area contributed by atoms with Crippen LogP contribution in [0.5, 0.6) is 0 Å². The highest BCUT2D eigenvalue weighted by Crippen LogP contribution is 2.39. The Morgan fingerprint density at radius 1 is 0.810 bits per heavy atom. The average molecular weight is 382 g/mol. The lowest BCUT2D eigenvalue weighted by Crippen LogP contribution is -2.02. The Kier molecular flexibility index (Phi) is 3.30. The van der Waals surface area contributed by atoms with Crippen molar-refractivity contribution >= 4 is 46.4 Å². The Hall–Kier alpha value is -1.61. The Labute approximate surface area is 139 Å². The molecule has 0 spiro atoms. The van der Waals surface area contributed by atoms with Crippen LogP contribution >= 0.6 is 22.6 Å². The van der Waals surface area contributed by atoms with Gasteiger partial charge in [0.05, 0.1) is 0 Å². The second-order valence-electron chi connectivity index (χ2n) is 5.49. The zero-order chi connectivity index (χ0) is 14.2. The summed E-state index contributed by atoms with van der Waals surface area (Å²) in [6.45, 7) is 0. The predicted molar refractivity (Wildman–Crippen MR) is 100 cm³/mol. The fourth-order valence-corrected chi connectivity index (χ4v) is 4.00. The number of aryl methyl sites for hydroxylation is 1. The molecule has 2 aliphatic carbocycles. The molecule has 0 unspecified atom stereocenters. The normalized spacial score (nSPS) is 19.9. The van der Waals surface area contributed by atoms with Gasteiger partial charge in [-0.25, -0.2) is 0 Å². The summed E-state index contributed by atoms with van der Waals surface area (Å²) < 4.78 is 1.33. The number of hydrogen-bond donors (Lipinski definition) is 0. The number of rotatable bonds is 0. The lowest BCUT2D eigenvalue weighted by molar-refractivity contribution is 0.978. The van der Waals surface area contributed by atoms with Crippen LogP contribution in [0.15, 0.2) is 52.1 Å². The van der Waals surface area contributed by atoms with Crippen LogP contribution in [0.25, 0.3) is 23.8 Å². The van der Waals surface area contributed by atoms with Gasteiger partial charge in [-0.2, -0.15) is 0 Å². The molecular formula is C20H15I. The van der Waals surface area contributed by atoms with Gasteiger partial charge in [-0.3, -0.25) is 0 Å². The first-order valence-electron chi connectivity index (χ1n) is 7.30. The number of halogens is 1. The van der Waals surface area contributed by atoms with Gasteiger partial charge < -0.3 is 0 Å². The average Bonchev–Trinajstić information content (AvgIpc) is 2.58. The Morgan fingerprint density at radius 3 is 2.48 bits per heavy atom. The first-order chi connectivity index (χ1) is 10.3. The monoisotopic (exact) mass is 382 g/mol. The van der Waals surface area contributed by atoms with Gasteiger partial charge in [0.25, 0.3) is 0 Å². The second-order valence-corrected chi connectivity index (χ2v) is 6.65. The number of benzene rings is 2. The summed E-state index contributed by atoms with van der Waals surface area (Å²) in [6, 6.07) is 15.3. The van der Waals surface area contributed by atoms with Crippen LogP contribution in [0.3, 0.4) is 0 Å². The molecule has 102 valence electrons. The highest BCUT2D eigenvalue weighted by atomic mass is 127. The third-order valence-electron chi connectivity index (χ3n) is 4.19. The van der Waals surface area contributed by atoms with E-state index in [1.54, 1.807) is 0 Å². The summed E-state index contributed by atoms with van der Waals surface area (Å²) in [4.78, 5) is 0. The third kappa shape index (κ3) is 2.30. The zero-order valence-corrected chi connectivity index (χ0v) is 13.8. The third-order valence-corrected chi connectivity index (χ3v) is 5.08. The molecule has 0 bridgehead atoms. The summed E-state index contributed by atoms with van der Waals surface area (Å²) in [6.07, 6.45) is 11.5. The maximum Gasteiger partial charge on any atom is 0.0212 e. The molecule has 0 fully saturated rings. The first kappa shape index (κ1) is 13.1. The van der Waals surface area contributed by atoms with E-state index in [-0.39, 0.29) is 0 Å². The lowest BCUT2D eigenvalue weighted by Gasteiger charge is -2.20. The maximum atomic E-state index is 2.49. The standard InChI is InChI=1S/C20H15I/c21-19-13-17-6-2-1-5-14(17)11-12-16-8-3-7-15-9-4-10-18(19)20(15)16/h1-3,5-8,10-13H,4,9H2/b12-11+,19-13-. The van der Waals surface area contributed by atoms with E-state index >= 15 is 0 Å². The van der Waals surface area contributed by atoms with Crippen molar-refractivity contribution < 1.29 is 0 Å². The minimum absolute atomic E-state index is 1.14. The summed E-state index contributed by atoms with van der Waals surface area (Å²) in [5.74, 6) is 0. The predicted octanol–water partition coefficient (Wildman–Crippen LogP) is 5.98. The number of hydrogen-bond acceptors (Lipinski definition) is 0. The molecule has 1 heteroatoms. The van der Waals surface area contributed by atoms with Gasteiger partial charge in [-0.1, -0.05) is 60.7 Å². The molecule has 2 aromatic carbocycles. The van der Waals surface area contributed by atoms with Gasteiger partial charge in [0.2, 0.25) is 0 Å². The minimum Gasteiger partial charge on any atom is -0.0752 e. The number of allylic oxidation sites excluding steroid dienone is 3. The minimum atomic E-state index is 1.14. The first-order valence-corrected chi connectivity index (χ1v) is 8.38. The molecule has 0 heterocycles. The summed E-state index contributed by atoms with van der Waals surface area (Å²) >= 11 is 2.49. The molecule has 0 aromatic heterocycles. The molecule has 21 heavy (non-hydrogen) atoms. The lowest BCUT2D eigenvalue weighted by atomic mass is 9.87. The highest BCUT2D eigenvalue weighted by molar-refractivity contribution is 14.1. The second kappa shape index (κ2) is 5.30. The van der Waals surface area contributed by atoms with Crippen LogP contribution in [-0.4, -0.2) is 0 Å². The van der Waals surface area contributed by atoms with E-state index in [0.717, 1.165) is 12.8 Å². The van der Waals surface area contributed by atoms with Crippen molar-refractivity contribution in [3.8, 4) is 0 Å². The quantitative estimate of drug-likeness (QED) is 0.492. The Bertz CT molecular complexity index is 806. The molecule has 0 nitrogen and oxygen atoms in total. The molecule has 0 aliphatic heterocycles. The molecule has 0 N–H and O–H groups in total. The Balaban J connectivity index is 2.04. The molecular weight excluding hydrogens is 367 g/mol. The van der Waals surface area contributed by atoms with Crippen molar-refractivity contribution in [2.75, 3.05) is 0 Å². The van der Waals surface area contributed by atoms with Gasteiger partial charge in [0.15, 0.2) is 0 Å². The van der Waals surface area contributed by atoms with Crippen molar-refractivity contribution in [2.45, 2.75) is 12.8 Å². The van der Waals surface area contributed by atoms with E-state index in [9.17, 15) is 0 Å². The van der Waals surface area contributed by atoms with Crippen LogP contribution in [0, 0.1) is 0 Å². The van der Waals surface area contributed by atoms with Crippen molar-refractivity contribution in [3.05, 3.63) is 79.9 Å². The molecule has 4 rings (SSSR count). The Morgan fingerprint density at radius 2 is 1.57 bits per heavy atom. The van der Waals surface area contributed by atoms with Crippen molar-refractivity contribution in [2.24, 2.45) is 0 Å². The van der Waals surface area contributed by atoms with Crippen molar-refractivity contribution in [3.63, 3.8) is 0 Å². The van der Waals surface area contributed by atoms with Crippen molar-refractivity contribution in [1.82, 2.24) is 0 Å². The zero-order valence-electron chi connectivity index (χ0n) is 11.6. The highest BCUT2D eigenvalue weighted by Gasteiger charge is 2.18. The molecule has 0 saturated heterocycles. The van der Waals surface area contributed by atoms with Gasteiger partial charge in [-0.05, 0) is 74.9 Å². The molecule has 2 aromatic rings. The van der Waals surface area contributed by atoms with E-state index in [2.05, 4.69) is 89.4 Å². The fraction of sp³-hybridized carbons (Fsp3) is 0.100. The topological polar surface area (TPSA) is 0 Å². The van der Waals surface area contributed by atoms with E-state index < -0.39 is 0 Å². The van der Waals surface area contributed by atoms with E-state index in [1.807, 2.05) is 0 Å². The fourth-order valence-electron chi connectivity index (χ4n) is 3.17.